The molecule has 1 aromatic carbocycles. The number of benzene rings is 1. The number of fused-ring (bicyclic) bond motifs is 1. The molecule has 8 nitrogen and oxygen atoms in total. The van der Waals surface area contributed by atoms with Crippen LogP contribution in [-0.2, 0) is 14.8 Å². The standard InChI is InChI=1S/C19H17ClN2O6S2/c1-9-6-13-17(27-8-26-13)10(2)14(9)15(18-16(20)11(3)21-28-18)19(23)22-30(24,25)12-4-5-29-7-12/h4-7,15H,8H2,1-3H3,(H,22,23). The number of rotatable bonds is 5. The number of thiophene rings is 1. The van der Waals surface area contributed by atoms with Gasteiger partial charge in [0.2, 0.25) is 12.7 Å². The van der Waals surface area contributed by atoms with Gasteiger partial charge in [-0.1, -0.05) is 16.8 Å². The van der Waals surface area contributed by atoms with Crippen molar-refractivity contribution in [3.8, 4) is 11.5 Å². The highest BCUT2D eigenvalue weighted by molar-refractivity contribution is 7.90. The molecule has 30 heavy (non-hydrogen) atoms. The molecule has 0 radical (unpaired) electrons. The lowest BCUT2D eigenvalue weighted by Crippen LogP contribution is -2.35. The van der Waals surface area contributed by atoms with E-state index in [1.165, 1.54) is 22.8 Å². The van der Waals surface area contributed by atoms with Gasteiger partial charge in [0, 0.05) is 5.38 Å². The zero-order chi connectivity index (χ0) is 21.6. The van der Waals surface area contributed by atoms with E-state index in [4.69, 9.17) is 25.6 Å². The molecule has 1 amide bonds. The average molecular weight is 469 g/mol. The third-order valence-corrected chi connectivity index (χ3v) is 7.46. The van der Waals surface area contributed by atoms with Crippen LogP contribution in [0, 0.1) is 20.8 Å². The quantitative estimate of drug-likeness (QED) is 0.608. The summed E-state index contributed by atoms with van der Waals surface area (Å²) in [6.07, 6.45) is 0. The van der Waals surface area contributed by atoms with Gasteiger partial charge in [-0.3, -0.25) is 4.79 Å². The first-order valence-corrected chi connectivity index (χ1v) is 11.6. The smallest absolute Gasteiger partial charge is 0.264 e. The predicted molar refractivity (Wildman–Crippen MR) is 110 cm³/mol. The number of carbonyl (C=O) groups is 1. The van der Waals surface area contributed by atoms with Crippen molar-refractivity contribution in [2.24, 2.45) is 0 Å². The Morgan fingerprint density at radius 2 is 2.07 bits per heavy atom. The number of aryl methyl sites for hydroxylation is 2. The molecule has 1 aliphatic heterocycles. The number of amides is 1. The van der Waals surface area contributed by atoms with Crippen LogP contribution in [-0.4, -0.2) is 26.3 Å². The van der Waals surface area contributed by atoms with E-state index in [0.717, 1.165) is 0 Å². The SMILES string of the molecule is Cc1cc2c(c(C)c1C(C(=O)NS(=O)(=O)c1ccsc1)c1onc(C)c1Cl)OCO2. The Balaban J connectivity index is 1.85. The number of carbonyl (C=O) groups excluding carboxylic acids is 1. The van der Waals surface area contributed by atoms with Gasteiger partial charge in [0.15, 0.2) is 17.3 Å². The van der Waals surface area contributed by atoms with Crippen LogP contribution in [0.3, 0.4) is 0 Å². The Morgan fingerprint density at radius 3 is 2.70 bits per heavy atom. The molecule has 0 saturated heterocycles. The fourth-order valence-electron chi connectivity index (χ4n) is 3.42. The van der Waals surface area contributed by atoms with E-state index in [2.05, 4.69) is 9.88 Å². The highest BCUT2D eigenvalue weighted by Crippen LogP contribution is 2.44. The van der Waals surface area contributed by atoms with Crippen LogP contribution in [0.5, 0.6) is 11.5 Å². The molecule has 0 bridgehead atoms. The lowest BCUT2D eigenvalue weighted by Gasteiger charge is -2.20. The molecule has 0 spiro atoms. The Morgan fingerprint density at radius 1 is 1.30 bits per heavy atom. The van der Waals surface area contributed by atoms with Crippen LogP contribution in [0.25, 0.3) is 0 Å². The lowest BCUT2D eigenvalue weighted by molar-refractivity contribution is -0.120. The monoisotopic (exact) mass is 468 g/mol. The third kappa shape index (κ3) is 3.44. The molecule has 11 heteroatoms. The normalized spacial score (nSPS) is 14.0. The maximum absolute atomic E-state index is 13.3. The van der Waals surface area contributed by atoms with Crippen LogP contribution in [0.2, 0.25) is 5.02 Å². The molecule has 4 rings (SSSR count). The van der Waals surface area contributed by atoms with Gasteiger partial charge in [-0.25, -0.2) is 13.1 Å². The Labute approximate surface area is 181 Å². The van der Waals surface area contributed by atoms with Crippen molar-refractivity contribution in [2.45, 2.75) is 31.6 Å². The number of nitrogens with zero attached hydrogens (tertiary/aromatic N) is 1. The zero-order valence-corrected chi connectivity index (χ0v) is 18.6. The number of hydrogen-bond acceptors (Lipinski definition) is 8. The Kier molecular flexibility index (Phi) is 5.25. The minimum absolute atomic E-state index is 0.00132. The zero-order valence-electron chi connectivity index (χ0n) is 16.2. The highest BCUT2D eigenvalue weighted by atomic mass is 35.5. The number of hydrogen-bond donors (Lipinski definition) is 1. The van der Waals surface area contributed by atoms with Crippen LogP contribution in [0.15, 0.2) is 32.3 Å². The van der Waals surface area contributed by atoms with Gasteiger partial charge in [-0.2, -0.15) is 11.3 Å². The fourth-order valence-corrected chi connectivity index (χ4v) is 5.62. The summed E-state index contributed by atoms with van der Waals surface area (Å²) >= 11 is 7.56. The summed E-state index contributed by atoms with van der Waals surface area (Å²) in [5, 5.41) is 7.03. The van der Waals surface area contributed by atoms with E-state index in [-0.39, 0.29) is 22.5 Å². The first-order chi connectivity index (χ1) is 14.2. The number of halogens is 1. The third-order valence-electron chi connectivity index (χ3n) is 4.83. The second kappa shape index (κ2) is 7.60. The molecule has 1 unspecified atom stereocenters. The molecule has 158 valence electrons. The average Bonchev–Trinajstić information content (AvgIpc) is 3.42. The lowest BCUT2D eigenvalue weighted by atomic mass is 9.87. The van der Waals surface area contributed by atoms with E-state index in [0.29, 0.717) is 33.9 Å². The van der Waals surface area contributed by atoms with Gasteiger partial charge < -0.3 is 14.0 Å². The first kappa shape index (κ1) is 20.7. The second-order valence-corrected chi connectivity index (χ2v) is 9.61. The molecular weight excluding hydrogens is 452 g/mol. The van der Waals surface area contributed by atoms with E-state index < -0.39 is 21.8 Å². The number of aromatic nitrogens is 1. The Bertz CT molecular complexity index is 1230. The van der Waals surface area contributed by atoms with Crippen LogP contribution < -0.4 is 14.2 Å². The summed E-state index contributed by atoms with van der Waals surface area (Å²) in [5.41, 5.74) is 2.21. The minimum Gasteiger partial charge on any atom is -0.454 e. The summed E-state index contributed by atoms with van der Waals surface area (Å²) < 4.78 is 43.8. The van der Waals surface area contributed by atoms with Crippen molar-refractivity contribution in [2.75, 3.05) is 6.79 Å². The molecule has 1 aliphatic rings. The maximum atomic E-state index is 13.3. The second-order valence-electron chi connectivity index (χ2n) is 6.77. The molecule has 1 N–H and O–H groups in total. The van der Waals surface area contributed by atoms with Crippen molar-refractivity contribution < 1.29 is 27.2 Å². The highest BCUT2D eigenvalue weighted by Gasteiger charge is 2.37. The van der Waals surface area contributed by atoms with Crippen molar-refractivity contribution >= 4 is 38.9 Å². The van der Waals surface area contributed by atoms with Gasteiger partial charge >= 0.3 is 0 Å². The van der Waals surface area contributed by atoms with Gasteiger partial charge in [-0.15, -0.1) is 0 Å². The first-order valence-electron chi connectivity index (χ1n) is 8.81. The van der Waals surface area contributed by atoms with Gasteiger partial charge in [0.25, 0.3) is 10.0 Å². The van der Waals surface area contributed by atoms with Crippen LogP contribution >= 0.6 is 22.9 Å². The van der Waals surface area contributed by atoms with E-state index in [9.17, 15) is 13.2 Å². The molecule has 0 fully saturated rings. The summed E-state index contributed by atoms with van der Waals surface area (Å²) in [7, 11) is -4.07. The molecule has 0 aliphatic carbocycles. The van der Waals surface area contributed by atoms with Gasteiger partial charge in [0.05, 0.1) is 10.6 Å². The van der Waals surface area contributed by atoms with Crippen molar-refractivity contribution in [3.63, 3.8) is 0 Å². The Hall–Kier alpha value is -2.56. The number of sulfonamides is 1. The minimum atomic E-state index is -4.07. The van der Waals surface area contributed by atoms with Crippen LogP contribution in [0.1, 0.15) is 34.1 Å². The molecular formula is C19H17ClN2O6S2. The number of ether oxygens (including phenoxy) is 2. The van der Waals surface area contributed by atoms with Crippen molar-refractivity contribution in [3.05, 3.63) is 56.1 Å². The number of nitrogens with one attached hydrogen (secondary N) is 1. The maximum Gasteiger partial charge on any atom is 0.264 e. The topological polar surface area (TPSA) is 108 Å². The summed E-state index contributed by atoms with van der Waals surface area (Å²) in [6.45, 7) is 5.24. The molecule has 1 atom stereocenters. The van der Waals surface area contributed by atoms with Gasteiger partial charge in [0.1, 0.15) is 10.9 Å². The van der Waals surface area contributed by atoms with Gasteiger partial charge in [-0.05, 0) is 55.0 Å². The summed E-state index contributed by atoms with van der Waals surface area (Å²) in [5.74, 6) is -0.886. The van der Waals surface area contributed by atoms with E-state index >= 15 is 0 Å². The largest absolute Gasteiger partial charge is 0.454 e. The van der Waals surface area contributed by atoms with Crippen molar-refractivity contribution in [1.82, 2.24) is 9.88 Å². The molecule has 3 aromatic rings. The fraction of sp³-hybridized carbons (Fsp3) is 0.263. The van der Waals surface area contributed by atoms with E-state index in [1.807, 2.05) is 0 Å². The summed E-state index contributed by atoms with van der Waals surface area (Å²) in [4.78, 5) is 13.3. The summed E-state index contributed by atoms with van der Waals surface area (Å²) in [6, 6.07) is 3.15. The molecule has 2 aromatic heterocycles. The van der Waals surface area contributed by atoms with Crippen molar-refractivity contribution in [1.29, 1.82) is 0 Å². The molecule has 3 heterocycles. The van der Waals surface area contributed by atoms with Crippen LogP contribution in [0.4, 0.5) is 0 Å². The molecule has 0 saturated carbocycles. The van der Waals surface area contributed by atoms with E-state index in [1.54, 1.807) is 32.2 Å². The predicted octanol–water partition coefficient (Wildman–Crippen LogP) is 3.68.